The fourth-order valence-corrected chi connectivity index (χ4v) is 3.84. The van der Waals surface area contributed by atoms with Gasteiger partial charge < -0.3 is 0 Å². The first-order valence-corrected chi connectivity index (χ1v) is 9.16. The second-order valence-corrected chi connectivity index (χ2v) is 7.46. The Labute approximate surface area is 136 Å². The summed E-state index contributed by atoms with van der Waals surface area (Å²) >= 11 is 5.90. The van der Waals surface area contributed by atoms with E-state index in [0.29, 0.717) is 17.1 Å². The summed E-state index contributed by atoms with van der Waals surface area (Å²) in [7, 11) is -3.39. The van der Waals surface area contributed by atoms with Gasteiger partial charge in [0.15, 0.2) is 0 Å². The number of sulfonamides is 1. The monoisotopic (exact) mass is 338 g/mol. The zero-order valence-electron chi connectivity index (χ0n) is 12.4. The van der Waals surface area contributed by atoms with E-state index in [0.717, 1.165) is 12.0 Å². The largest absolute Gasteiger partial charge is 0.266 e. The van der Waals surface area contributed by atoms with Gasteiger partial charge in [-0.1, -0.05) is 31.0 Å². The van der Waals surface area contributed by atoms with Crippen LogP contribution >= 0.6 is 11.6 Å². The van der Waals surface area contributed by atoms with Crippen molar-refractivity contribution in [2.75, 3.05) is 10.1 Å². The van der Waals surface area contributed by atoms with Gasteiger partial charge in [0.1, 0.15) is 0 Å². The predicted molar refractivity (Wildman–Crippen MR) is 90.6 cm³/mol. The fraction of sp³-hybridized carbons (Fsp3) is 0.312. The van der Waals surface area contributed by atoms with Crippen LogP contribution in [0.2, 0.25) is 5.02 Å². The lowest BCUT2D eigenvalue weighted by atomic mass is 10.2. The van der Waals surface area contributed by atoms with Gasteiger partial charge in [0.05, 0.1) is 18.0 Å². The van der Waals surface area contributed by atoms with Crippen LogP contribution in [0, 0.1) is 0 Å². The predicted octanol–water partition coefficient (Wildman–Crippen LogP) is 3.87. The first-order chi connectivity index (χ1) is 10.5. The molecule has 6 heteroatoms. The molecule has 0 aliphatic rings. The van der Waals surface area contributed by atoms with E-state index in [4.69, 9.17) is 11.6 Å². The lowest BCUT2D eigenvalue weighted by Gasteiger charge is -2.24. The molecule has 1 aromatic carbocycles. The van der Waals surface area contributed by atoms with Gasteiger partial charge in [-0.2, -0.15) is 0 Å². The molecule has 0 bridgehead atoms. The highest BCUT2D eigenvalue weighted by Crippen LogP contribution is 2.23. The van der Waals surface area contributed by atoms with Crippen LogP contribution in [0.4, 0.5) is 5.69 Å². The van der Waals surface area contributed by atoms with Crippen LogP contribution in [0.5, 0.6) is 0 Å². The summed E-state index contributed by atoms with van der Waals surface area (Å²) in [6, 6.07) is 10.5. The molecule has 22 heavy (non-hydrogen) atoms. The molecule has 0 fully saturated rings. The quantitative estimate of drug-likeness (QED) is 0.770. The van der Waals surface area contributed by atoms with Gasteiger partial charge in [-0.25, -0.2) is 8.42 Å². The number of hydrogen-bond acceptors (Lipinski definition) is 3. The molecule has 0 saturated carbocycles. The normalized spacial score (nSPS) is 11.4. The number of rotatable bonds is 7. The summed E-state index contributed by atoms with van der Waals surface area (Å²) in [5.41, 5.74) is 1.46. The molecule has 0 radical (unpaired) electrons. The maximum absolute atomic E-state index is 12.7. The van der Waals surface area contributed by atoms with Crippen molar-refractivity contribution < 1.29 is 8.42 Å². The van der Waals surface area contributed by atoms with Crippen molar-refractivity contribution in [2.24, 2.45) is 0 Å². The van der Waals surface area contributed by atoms with E-state index >= 15 is 0 Å². The summed E-state index contributed by atoms with van der Waals surface area (Å²) < 4.78 is 26.7. The summed E-state index contributed by atoms with van der Waals surface area (Å²) in [6.45, 7) is 2.24. The number of unbranched alkanes of at least 4 members (excludes halogenated alkanes) is 1. The number of halogens is 1. The highest BCUT2D eigenvalue weighted by molar-refractivity contribution is 7.92. The molecule has 0 N–H and O–H groups in total. The Morgan fingerprint density at radius 1 is 1.18 bits per heavy atom. The average molecular weight is 339 g/mol. The van der Waals surface area contributed by atoms with Crippen LogP contribution in [0.1, 0.15) is 25.3 Å². The minimum absolute atomic E-state index is 0.131. The van der Waals surface area contributed by atoms with E-state index in [-0.39, 0.29) is 12.3 Å². The Kier molecular flexibility index (Phi) is 5.80. The lowest BCUT2D eigenvalue weighted by Crippen LogP contribution is -2.32. The molecule has 1 heterocycles. The summed E-state index contributed by atoms with van der Waals surface area (Å²) in [5, 5.41) is 0.580. The molecular weight excluding hydrogens is 320 g/mol. The van der Waals surface area contributed by atoms with Crippen molar-refractivity contribution in [2.45, 2.75) is 26.3 Å². The topological polar surface area (TPSA) is 50.3 Å². The van der Waals surface area contributed by atoms with Crippen molar-refractivity contribution in [1.82, 2.24) is 4.98 Å². The minimum atomic E-state index is -3.39. The van der Waals surface area contributed by atoms with Crippen LogP contribution in [-0.2, 0) is 16.6 Å². The lowest BCUT2D eigenvalue weighted by molar-refractivity contribution is 0.587. The molecule has 0 aliphatic carbocycles. The summed E-state index contributed by atoms with van der Waals surface area (Å²) in [5.74, 6) is 0.131. The standard InChI is InChI=1S/C16H19ClN2O2S/c1-2-3-11-22(20,21)19(13-14-5-4-10-18-12-14)16-8-6-15(17)7-9-16/h4-10,12H,2-3,11,13H2,1H3. The van der Waals surface area contributed by atoms with Crippen LogP contribution in [0.3, 0.4) is 0 Å². The number of benzene rings is 1. The number of hydrogen-bond donors (Lipinski definition) is 0. The molecule has 2 rings (SSSR count). The second-order valence-electron chi connectivity index (χ2n) is 5.01. The van der Waals surface area contributed by atoms with Crippen molar-refractivity contribution in [3.8, 4) is 0 Å². The molecule has 4 nitrogen and oxygen atoms in total. The molecular formula is C16H19ClN2O2S. The Morgan fingerprint density at radius 3 is 2.50 bits per heavy atom. The van der Waals surface area contributed by atoms with Crippen molar-refractivity contribution in [1.29, 1.82) is 0 Å². The highest BCUT2D eigenvalue weighted by Gasteiger charge is 2.22. The van der Waals surface area contributed by atoms with E-state index in [1.165, 1.54) is 4.31 Å². The molecule has 2 aromatic rings. The third-order valence-corrected chi connectivity index (χ3v) is 5.32. The van der Waals surface area contributed by atoms with Crippen LogP contribution in [0.15, 0.2) is 48.8 Å². The Balaban J connectivity index is 2.34. The molecule has 1 aromatic heterocycles. The Bertz CT molecular complexity index is 688. The molecule has 0 spiro atoms. The smallest absolute Gasteiger partial charge is 0.235 e. The van der Waals surface area contributed by atoms with Gasteiger partial charge in [0, 0.05) is 17.4 Å². The van der Waals surface area contributed by atoms with E-state index in [9.17, 15) is 8.42 Å². The number of anilines is 1. The van der Waals surface area contributed by atoms with Gasteiger partial charge in [-0.15, -0.1) is 0 Å². The van der Waals surface area contributed by atoms with Gasteiger partial charge in [0.25, 0.3) is 0 Å². The third-order valence-electron chi connectivity index (χ3n) is 3.26. The first-order valence-electron chi connectivity index (χ1n) is 7.18. The fourth-order valence-electron chi connectivity index (χ4n) is 2.05. The molecule has 0 amide bonds. The molecule has 118 valence electrons. The molecule has 0 atom stereocenters. The van der Waals surface area contributed by atoms with Crippen molar-refractivity contribution in [3.05, 3.63) is 59.4 Å². The summed E-state index contributed by atoms with van der Waals surface area (Å²) in [4.78, 5) is 4.05. The van der Waals surface area contributed by atoms with Gasteiger partial charge in [-0.3, -0.25) is 9.29 Å². The van der Waals surface area contributed by atoms with Crippen LogP contribution < -0.4 is 4.31 Å². The zero-order valence-corrected chi connectivity index (χ0v) is 14.0. The molecule has 0 saturated heterocycles. The third kappa shape index (κ3) is 4.45. The maximum Gasteiger partial charge on any atom is 0.235 e. The van der Waals surface area contributed by atoms with E-state index in [1.807, 2.05) is 13.0 Å². The minimum Gasteiger partial charge on any atom is -0.266 e. The van der Waals surface area contributed by atoms with E-state index in [1.54, 1.807) is 42.7 Å². The SMILES string of the molecule is CCCCS(=O)(=O)N(Cc1cccnc1)c1ccc(Cl)cc1. The van der Waals surface area contributed by atoms with Gasteiger partial charge in [-0.05, 0) is 42.3 Å². The number of nitrogens with zero attached hydrogens (tertiary/aromatic N) is 2. The van der Waals surface area contributed by atoms with Gasteiger partial charge in [0.2, 0.25) is 10.0 Å². The molecule has 0 unspecified atom stereocenters. The Morgan fingerprint density at radius 2 is 1.91 bits per heavy atom. The van der Waals surface area contributed by atoms with E-state index in [2.05, 4.69) is 4.98 Å². The average Bonchev–Trinajstić information content (AvgIpc) is 2.53. The first kappa shape index (κ1) is 16.8. The van der Waals surface area contributed by atoms with Crippen LogP contribution in [0.25, 0.3) is 0 Å². The van der Waals surface area contributed by atoms with Crippen molar-refractivity contribution >= 4 is 27.3 Å². The van der Waals surface area contributed by atoms with Crippen molar-refractivity contribution in [3.63, 3.8) is 0 Å². The maximum atomic E-state index is 12.7. The number of pyridine rings is 1. The highest BCUT2D eigenvalue weighted by atomic mass is 35.5. The zero-order chi connectivity index (χ0) is 16.0. The Hall–Kier alpha value is -1.59. The second kappa shape index (κ2) is 7.61. The van der Waals surface area contributed by atoms with Gasteiger partial charge >= 0.3 is 0 Å². The van der Waals surface area contributed by atoms with E-state index < -0.39 is 10.0 Å². The van der Waals surface area contributed by atoms with Crippen LogP contribution in [-0.4, -0.2) is 19.2 Å². The molecule has 0 aliphatic heterocycles. The number of aromatic nitrogens is 1. The summed E-state index contributed by atoms with van der Waals surface area (Å²) in [6.07, 6.45) is 4.82.